The lowest BCUT2D eigenvalue weighted by Crippen LogP contribution is -2.52. The van der Waals surface area contributed by atoms with Gasteiger partial charge >= 0.3 is 6.03 Å². The van der Waals surface area contributed by atoms with Crippen molar-refractivity contribution in [3.8, 4) is 6.07 Å². The Kier molecular flexibility index (Phi) is 7.21. The third-order valence-corrected chi connectivity index (χ3v) is 4.50. The predicted octanol–water partition coefficient (Wildman–Crippen LogP) is 1.04. The summed E-state index contributed by atoms with van der Waals surface area (Å²) in [6, 6.07) is 5.40. The van der Waals surface area contributed by atoms with Crippen LogP contribution in [0.25, 0.3) is 0 Å². The number of nitriles is 1. The Labute approximate surface area is 154 Å². The van der Waals surface area contributed by atoms with Gasteiger partial charge in [0.2, 0.25) is 5.91 Å². The van der Waals surface area contributed by atoms with Gasteiger partial charge in [0.05, 0.1) is 11.6 Å². The van der Waals surface area contributed by atoms with Crippen LogP contribution in [-0.4, -0.2) is 72.5 Å². The highest BCUT2D eigenvalue weighted by atomic mass is 16.2. The van der Waals surface area contributed by atoms with Gasteiger partial charge in [-0.2, -0.15) is 5.26 Å². The van der Waals surface area contributed by atoms with E-state index in [1.54, 1.807) is 28.1 Å². The van der Waals surface area contributed by atoms with Crippen molar-refractivity contribution in [2.75, 3.05) is 50.7 Å². The quantitative estimate of drug-likeness (QED) is 0.820. The summed E-state index contributed by atoms with van der Waals surface area (Å²) in [7, 11) is 0. The number of carbonyl (C=O) groups excluding carboxylic acids is 2. The van der Waals surface area contributed by atoms with Crippen molar-refractivity contribution in [2.24, 2.45) is 0 Å². The zero-order valence-corrected chi connectivity index (χ0v) is 15.4. The number of rotatable bonds is 6. The SMILES string of the molecule is CCN(CC)C(=O)CCNC(=O)N1CCN(c2cc(C#N)ccn2)CC1. The Balaban J connectivity index is 1.76. The fourth-order valence-electron chi connectivity index (χ4n) is 2.92. The van der Waals surface area contributed by atoms with Gasteiger partial charge in [-0.05, 0) is 26.0 Å². The summed E-state index contributed by atoms with van der Waals surface area (Å²) >= 11 is 0. The van der Waals surface area contributed by atoms with E-state index in [-0.39, 0.29) is 11.9 Å². The molecule has 0 atom stereocenters. The Hall–Kier alpha value is -2.82. The predicted molar refractivity (Wildman–Crippen MR) is 98.7 cm³/mol. The number of aromatic nitrogens is 1. The van der Waals surface area contributed by atoms with Crippen LogP contribution in [0.4, 0.5) is 10.6 Å². The van der Waals surface area contributed by atoms with Crippen molar-refractivity contribution in [3.05, 3.63) is 23.9 Å². The van der Waals surface area contributed by atoms with Gasteiger partial charge in [0.15, 0.2) is 0 Å². The van der Waals surface area contributed by atoms with Crippen LogP contribution in [0.1, 0.15) is 25.8 Å². The maximum absolute atomic E-state index is 12.2. The van der Waals surface area contributed by atoms with Crippen LogP contribution in [0.15, 0.2) is 18.3 Å². The van der Waals surface area contributed by atoms with Gasteiger partial charge < -0.3 is 20.0 Å². The summed E-state index contributed by atoms with van der Waals surface area (Å²) < 4.78 is 0. The molecule has 1 aliphatic rings. The van der Waals surface area contributed by atoms with Crippen molar-refractivity contribution >= 4 is 17.8 Å². The van der Waals surface area contributed by atoms with Crippen molar-refractivity contribution in [1.82, 2.24) is 20.1 Å². The first-order chi connectivity index (χ1) is 12.6. The third-order valence-electron chi connectivity index (χ3n) is 4.50. The lowest BCUT2D eigenvalue weighted by molar-refractivity contribution is -0.130. The minimum atomic E-state index is -0.143. The Morgan fingerprint density at radius 1 is 1.27 bits per heavy atom. The van der Waals surface area contributed by atoms with Crippen molar-refractivity contribution in [3.63, 3.8) is 0 Å². The molecule has 0 unspecified atom stereocenters. The number of pyridine rings is 1. The molecule has 8 nitrogen and oxygen atoms in total. The third kappa shape index (κ3) is 5.09. The normalized spacial score (nSPS) is 13.9. The van der Waals surface area contributed by atoms with Crippen LogP contribution in [0.2, 0.25) is 0 Å². The van der Waals surface area contributed by atoms with Crippen molar-refractivity contribution in [1.29, 1.82) is 5.26 Å². The topological polar surface area (TPSA) is 92.6 Å². The lowest BCUT2D eigenvalue weighted by Gasteiger charge is -2.35. The van der Waals surface area contributed by atoms with Crippen LogP contribution in [0, 0.1) is 11.3 Å². The maximum atomic E-state index is 12.2. The molecule has 0 saturated carbocycles. The maximum Gasteiger partial charge on any atom is 0.317 e. The van der Waals surface area contributed by atoms with Crippen LogP contribution in [-0.2, 0) is 4.79 Å². The van der Waals surface area contributed by atoms with Gasteiger partial charge in [0.25, 0.3) is 0 Å². The van der Waals surface area contributed by atoms with Crippen molar-refractivity contribution in [2.45, 2.75) is 20.3 Å². The number of hydrogen-bond donors (Lipinski definition) is 1. The number of amides is 3. The standard InChI is InChI=1S/C18H26N6O2/c1-3-22(4-2)17(25)6-8-21-18(26)24-11-9-23(10-12-24)16-13-15(14-19)5-7-20-16/h5,7,13H,3-4,6,8-12H2,1-2H3,(H,21,26). The summed E-state index contributed by atoms with van der Waals surface area (Å²) in [5.41, 5.74) is 0.577. The van der Waals surface area contributed by atoms with E-state index >= 15 is 0 Å². The highest BCUT2D eigenvalue weighted by Gasteiger charge is 2.22. The molecule has 3 amide bonds. The largest absolute Gasteiger partial charge is 0.353 e. The number of carbonyl (C=O) groups is 2. The number of hydrogen-bond acceptors (Lipinski definition) is 5. The molecule has 0 spiro atoms. The average molecular weight is 358 g/mol. The van der Waals surface area contributed by atoms with E-state index in [0.717, 1.165) is 5.82 Å². The second-order valence-corrected chi connectivity index (χ2v) is 6.04. The number of anilines is 1. The fourth-order valence-corrected chi connectivity index (χ4v) is 2.92. The molecular weight excluding hydrogens is 332 g/mol. The molecule has 0 aliphatic carbocycles. The number of nitrogens with one attached hydrogen (secondary N) is 1. The van der Waals surface area contributed by atoms with Gasteiger partial charge in [-0.25, -0.2) is 9.78 Å². The Morgan fingerprint density at radius 2 is 1.96 bits per heavy atom. The molecule has 8 heteroatoms. The Morgan fingerprint density at radius 3 is 2.58 bits per heavy atom. The second kappa shape index (κ2) is 9.61. The molecule has 2 rings (SSSR count). The molecule has 26 heavy (non-hydrogen) atoms. The molecule has 0 radical (unpaired) electrons. The van der Waals surface area contributed by atoms with Gasteiger partial charge in [0, 0.05) is 58.4 Å². The zero-order chi connectivity index (χ0) is 18.9. The first-order valence-corrected chi connectivity index (χ1v) is 9.00. The molecular formula is C18H26N6O2. The van der Waals surface area contributed by atoms with E-state index in [0.29, 0.717) is 57.8 Å². The molecule has 1 aliphatic heterocycles. The van der Waals surface area contributed by atoms with E-state index in [9.17, 15) is 9.59 Å². The summed E-state index contributed by atoms with van der Waals surface area (Å²) in [5, 5.41) is 11.8. The second-order valence-electron chi connectivity index (χ2n) is 6.04. The zero-order valence-electron chi connectivity index (χ0n) is 15.4. The van der Waals surface area contributed by atoms with Crippen LogP contribution >= 0.6 is 0 Å². The molecule has 1 saturated heterocycles. The van der Waals surface area contributed by atoms with Crippen molar-refractivity contribution < 1.29 is 9.59 Å². The summed E-state index contributed by atoms with van der Waals surface area (Å²) in [6.45, 7) is 8.09. The molecule has 0 aromatic carbocycles. The Bertz CT molecular complexity index is 660. The van der Waals surface area contributed by atoms with Crippen LogP contribution in [0.3, 0.4) is 0 Å². The highest BCUT2D eigenvalue weighted by molar-refractivity contribution is 5.78. The molecule has 2 heterocycles. The highest BCUT2D eigenvalue weighted by Crippen LogP contribution is 2.14. The van der Waals surface area contributed by atoms with E-state index in [1.165, 1.54) is 0 Å². The summed E-state index contributed by atoms with van der Waals surface area (Å²) in [4.78, 5) is 34.0. The van der Waals surface area contributed by atoms with Crippen LogP contribution in [0.5, 0.6) is 0 Å². The van der Waals surface area contributed by atoms with E-state index in [2.05, 4.69) is 21.3 Å². The molecule has 1 aromatic rings. The molecule has 140 valence electrons. The first-order valence-electron chi connectivity index (χ1n) is 9.00. The first kappa shape index (κ1) is 19.5. The molecule has 1 N–H and O–H groups in total. The number of nitrogens with zero attached hydrogens (tertiary/aromatic N) is 5. The van der Waals surface area contributed by atoms with E-state index in [4.69, 9.17) is 5.26 Å². The van der Waals surface area contributed by atoms with Crippen LogP contribution < -0.4 is 10.2 Å². The monoisotopic (exact) mass is 358 g/mol. The van der Waals surface area contributed by atoms with E-state index < -0.39 is 0 Å². The summed E-state index contributed by atoms with van der Waals surface area (Å²) in [5.74, 6) is 0.817. The smallest absolute Gasteiger partial charge is 0.317 e. The number of urea groups is 1. The number of piperazine rings is 1. The average Bonchev–Trinajstić information content (AvgIpc) is 2.69. The van der Waals surface area contributed by atoms with Gasteiger partial charge in [-0.3, -0.25) is 4.79 Å². The van der Waals surface area contributed by atoms with Gasteiger partial charge in [0.1, 0.15) is 5.82 Å². The molecule has 1 fully saturated rings. The molecule has 1 aromatic heterocycles. The lowest BCUT2D eigenvalue weighted by atomic mass is 10.2. The van der Waals surface area contributed by atoms with Gasteiger partial charge in [-0.15, -0.1) is 0 Å². The van der Waals surface area contributed by atoms with Gasteiger partial charge in [-0.1, -0.05) is 0 Å². The fraction of sp³-hybridized carbons (Fsp3) is 0.556. The minimum absolute atomic E-state index is 0.0589. The summed E-state index contributed by atoms with van der Waals surface area (Å²) in [6.07, 6.45) is 1.94. The van der Waals surface area contributed by atoms with E-state index in [1.807, 2.05) is 13.8 Å². The molecule has 0 bridgehead atoms. The minimum Gasteiger partial charge on any atom is -0.353 e.